The molecule has 2 aromatic heterocycles. The molecule has 4 rings (SSSR count). The topological polar surface area (TPSA) is 71.1 Å². The standard InChI is InChI=1S/C20H19N3O2S2/c1-12-2-4-13(5-3-12)10-15-11-21-20(26-15)23-19(25)16-8-9-17(27-16)22-18(24)14-6-7-14/h2-5,8-9,11,14H,6-7,10H2,1H3,(H,22,24)(H,21,23,25). The van der Waals surface area contributed by atoms with Crippen LogP contribution in [0.2, 0.25) is 0 Å². The van der Waals surface area contributed by atoms with Crippen LogP contribution in [0.1, 0.15) is 38.5 Å². The molecule has 0 bridgehead atoms. The maximum Gasteiger partial charge on any atom is 0.267 e. The Morgan fingerprint density at radius 2 is 1.85 bits per heavy atom. The Bertz CT molecular complexity index is 971. The number of rotatable bonds is 6. The predicted octanol–water partition coefficient (Wildman–Crippen LogP) is 4.70. The van der Waals surface area contributed by atoms with Crippen LogP contribution in [0.4, 0.5) is 10.1 Å². The van der Waals surface area contributed by atoms with Gasteiger partial charge in [-0.2, -0.15) is 0 Å². The van der Waals surface area contributed by atoms with E-state index in [9.17, 15) is 9.59 Å². The first-order valence-corrected chi connectivity index (χ1v) is 10.4. The first-order chi connectivity index (χ1) is 13.1. The Labute approximate surface area is 165 Å². The van der Waals surface area contributed by atoms with Gasteiger partial charge >= 0.3 is 0 Å². The number of carbonyl (C=O) groups is 2. The fourth-order valence-electron chi connectivity index (χ4n) is 2.61. The zero-order valence-corrected chi connectivity index (χ0v) is 16.5. The summed E-state index contributed by atoms with van der Waals surface area (Å²) in [6, 6.07) is 11.9. The number of aryl methyl sites for hydroxylation is 1. The molecule has 0 unspecified atom stereocenters. The minimum Gasteiger partial charge on any atom is -0.317 e. The minimum absolute atomic E-state index is 0.0458. The van der Waals surface area contributed by atoms with Crippen LogP contribution in [0.15, 0.2) is 42.6 Å². The third-order valence-corrected chi connectivity index (χ3v) is 6.21. The smallest absolute Gasteiger partial charge is 0.267 e. The molecule has 1 aliphatic rings. The van der Waals surface area contributed by atoms with Crippen molar-refractivity contribution in [2.75, 3.05) is 10.6 Å². The highest BCUT2D eigenvalue weighted by atomic mass is 32.1. The van der Waals surface area contributed by atoms with Crippen molar-refractivity contribution < 1.29 is 9.59 Å². The predicted molar refractivity (Wildman–Crippen MR) is 110 cm³/mol. The first kappa shape index (κ1) is 17.9. The van der Waals surface area contributed by atoms with Crippen LogP contribution in [0.3, 0.4) is 0 Å². The molecule has 3 aromatic rings. The highest BCUT2D eigenvalue weighted by Crippen LogP contribution is 2.32. The van der Waals surface area contributed by atoms with Crippen LogP contribution < -0.4 is 10.6 Å². The van der Waals surface area contributed by atoms with E-state index < -0.39 is 0 Å². The first-order valence-electron chi connectivity index (χ1n) is 8.79. The van der Waals surface area contributed by atoms with E-state index in [0.717, 1.165) is 24.1 Å². The van der Waals surface area contributed by atoms with Gasteiger partial charge in [-0.25, -0.2) is 4.98 Å². The SMILES string of the molecule is Cc1ccc(Cc2cnc(NC(=O)c3ccc(NC(=O)C4CC4)s3)s2)cc1. The zero-order valence-electron chi connectivity index (χ0n) is 14.8. The number of nitrogens with zero attached hydrogens (tertiary/aromatic N) is 1. The van der Waals surface area contributed by atoms with Gasteiger partial charge in [0.25, 0.3) is 5.91 Å². The summed E-state index contributed by atoms with van der Waals surface area (Å²) in [7, 11) is 0. The highest BCUT2D eigenvalue weighted by molar-refractivity contribution is 7.18. The van der Waals surface area contributed by atoms with Crippen molar-refractivity contribution in [3.63, 3.8) is 0 Å². The van der Waals surface area contributed by atoms with Crippen molar-refractivity contribution in [3.05, 3.63) is 63.5 Å². The molecule has 5 nitrogen and oxygen atoms in total. The molecular formula is C20H19N3O2S2. The summed E-state index contributed by atoms with van der Waals surface area (Å²) in [5, 5.41) is 6.99. The average molecular weight is 398 g/mol. The summed E-state index contributed by atoms with van der Waals surface area (Å²) in [6.07, 6.45) is 4.51. The van der Waals surface area contributed by atoms with Crippen LogP contribution in [0, 0.1) is 12.8 Å². The van der Waals surface area contributed by atoms with Crippen molar-refractivity contribution in [1.29, 1.82) is 0 Å². The molecule has 0 atom stereocenters. The van der Waals surface area contributed by atoms with Gasteiger partial charge in [-0.3, -0.25) is 14.9 Å². The molecule has 1 aromatic carbocycles. The van der Waals surface area contributed by atoms with Gasteiger partial charge in [-0.05, 0) is 37.5 Å². The molecule has 7 heteroatoms. The van der Waals surface area contributed by atoms with Crippen LogP contribution in [0.5, 0.6) is 0 Å². The number of thiazole rings is 1. The molecule has 138 valence electrons. The second-order valence-electron chi connectivity index (χ2n) is 6.68. The van der Waals surface area contributed by atoms with Gasteiger partial charge in [-0.1, -0.05) is 29.8 Å². The van der Waals surface area contributed by atoms with E-state index in [2.05, 4.69) is 46.8 Å². The molecule has 0 radical (unpaired) electrons. The summed E-state index contributed by atoms with van der Waals surface area (Å²) >= 11 is 2.75. The number of hydrogen-bond acceptors (Lipinski definition) is 5. The van der Waals surface area contributed by atoms with E-state index in [1.165, 1.54) is 33.8 Å². The molecule has 0 saturated heterocycles. The minimum atomic E-state index is -0.205. The Morgan fingerprint density at radius 3 is 2.59 bits per heavy atom. The molecule has 27 heavy (non-hydrogen) atoms. The molecule has 2 heterocycles. The number of anilines is 2. The fraction of sp³-hybridized carbons (Fsp3) is 0.250. The van der Waals surface area contributed by atoms with Crippen LogP contribution in [-0.4, -0.2) is 16.8 Å². The lowest BCUT2D eigenvalue weighted by atomic mass is 10.1. The maximum absolute atomic E-state index is 12.4. The largest absolute Gasteiger partial charge is 0.317 e. The summed E-state index contributed by atoms with van der Waals surface area (Å²) in [5.41, 5.74) is 2.45. The fourth-order valence-corrected chi connectivity index (χ4v) is 4.26. The molecule has 2 N–H and O–H groups in total. The molecule has 2 amide bonds. The Morgan fingerprint density at radius 1 is 1.07 bits per heavy atom. The Kier molecular flexibility index (Phi) is 5.05. The molecule has 1 saturated carbocycles. The number of aromatic nitrogens is 1. The summed E-state index contributed by atoms with van der Waals surface area (Å²) < 4.78 is 0. The Balaban J connectivity index is 1.35. The van der Waals surface area contributed by atoms with Gasteiger partial charge in [0.15, 0.2) is 5.13 Å². The summed E-state index contributed by atoms with van der Waals surface area (Å²) in [4.78, 5) is 30.2. The molecule has 1 fully saturated rings. The van der Waals surface area contributed by atoms with Crippen LogP contribution >= 0.6 is 22.7 Å². The summed E-state index contributed by atoms with van der Waals surface area (Å²) in [6.45, 7) is 2.07. The molecule has 0 aliphatic heterocycles. The van der Waals surface area contributed by atoms with Crippen molar-refractivity contribution in [3.8, 4) is 0 Å². The van der Waals surface area contributed by atoms with Gasteiger partial charge in [-0.15, -0.1) is 22.7 Å². The second-order valence-corrected chi connectivity index (χ2v) is 8.87. The number of benzene rings is 1. The van der Waals surface area contributed by atoms with Gasteiger partial charge < -0.3 is 5.32 Å². The summed E-state index contributed by atoms with van der Waals surface area (Å²) in [5.74, 6) is -0.0146. The van der Waals surface area contributed by atoms with Crippen molar-refractivity contribution in [2.24, 2.45) is 5.92 Å². The Hall–Kier alpha value is -2.51. The van der Waals surface area contributed by atoms with E-state index in [1.54, 1.807) is 18.3 Å². The van der Waals surface area contributed by atoms with Crippen molar-refractivity contribution in [1.82, 2.24) is 4.98 Å². The van der Waals surface area contributed by atoms with Gasteiger partial charge in [0.05, 0.1) is 9.88 Å². The van der Waals surface area contributed by atoms with Gasteiger partial charge in [0, 0.05) is 23.4 Å². The third-order valence-electron chi connectivity index (χ3n) is 4.30. The lowest BCUT2D eigenvalue weighted by Crippen LogP contribution is -2.12. The molecule has 0 spiro atoms. The van der Waals surface area contributed by atoms with Gasteiger partial charge in [0.1, 0.15) is 0 Å². The zero-order chi connectivity index (χ0) is 18.8. The van der Waals surface area contributed by atoms with E-state index in [4.69, 9.17) is 0 Å². The number of hydrogen-bond donors (Lipinski definition) is 2. The van der Waals surface area contributed by atoms with E-state index >= 15 is 0 Å². The molecular weight excluding hydrogens is 378 g/mol. The van der Waals surface area contributed by atoms with E-state index in [-0.39, 0.29) is 17.7 Å². The lowest BCUT2D eigenvalue weighted by Gasteiger charge is -2.00. The maximum atomic E-state index is 12.4. The number of thiophene rings is 1. The average Bonchev–Trinajstić information content (AvgIpc) is 3.26. The number of carbonyl (C=O) groups excluding carboxylic acids is 2. The van der Waals surface area contributed by atoms with Crippen LogP contribution in [-0.2, 0) is 11.2 Å². The number of amides is 2. The lowest BCUT2D eigenvalue weighted by molar-refractivity contribution is -0.117. The monoisotopic (exact) mass is 397 g/mol. The van der Waals surface area contributed by atoms with E-state index in [1.807, 2.05) is 0 Å². The van der Waals surface area contributed by atoms with Crippen LogP contribution in [0.25, 0.3) is 0 Å². The second kappa shape index (κ2) is 7.62. The molecule has 1 aliphatic carbocycles. The van der Waals surface area contributed by atoms with Crippen molar-refractivity contribution in [2.45, 2.75) is 26.2 Å². The highest BCUT2D eigenvalue weighted by Gasteiger charge is 2.29. The van der Waals surface area contributed by atoms with Gasteiger partial charge in [0.2, 0.25) is 5.91 Å². The quantitative estimate of drug-likeness (QED) is 0.633. The number of nitrogens with one attached hydrogen (secondary N) is 2. The van der Waals surface area contributed by atoms with E-state index in [0.29, 0.717) is 15.0 Å². The van der Waals surface area contributed by atoms with Crippen molar-refractivity contribution >= 4 is 44.6 Å². The normalized spacial score (nSPS) is 13.4. The third kappa shape index (κ3) is 4.61.